The van der Waals surface area contributed by atoms with Crippen LogP contribution in [0.3, 0.4) is 0 Å². The van der Waals surface area contributed by atoms with Crippen LogP contribution in [0.25, 0.3) is 32.8 Å². The molecule has 0 aliphatic carbocycles. The highest BCUT2D eigenvalue weighted by atomic mass is 28.3. The van der Waals surface area contributed by atoms with Crippen LogP contribution in [0.1, 0.15) is 72.8 Å². The lowest BCUT2D eigenvalue weighted by Gasteiger charge is -2.38. The van der Waals surface area contributed by atoms with Gasteiger partial charge in [0, 0.05) is 49.4 Å². The molecule has 3 saturated heterocycles. The number of hydrogen-bond donors (Lipinski definition) is 1. The molecule has 3 aromatic carbocycles. The third-order valence-electron chi connectivity index (χ3n) is 12.5. The molecule has 0 bridgehead atoms. The molecule has 4 aromatic rings. The Morgan fingerprint density at radius 2 is 1.76 bits per heavy atom. The summed E-state index contributed by atoms with van der Waals surface area (Å²) in [5.74, 6) is 1.21. The highest BCUT2D eigenvalue weighted by Gasteiger charge is 2.49. The highest BCUT2D eigenvalue weighted by molar-refractivity contribution is 6.90. The first-order valence-corrected chi connectivity index (χ1v) is 21.8. The Hall–Kier alpha value is -4.23. The summed E-state index contributed by atoms with van der Waals surface area (Å²) in [5.41, 5.74) is 3.80. The zero-order valence-electron chi connectivity index (χ0n) is 32.6. The summed E-state index contributed by atoms with van der Waals surface area (Å²) in [7, 11) is -2.30. The number of rotatable bonds is 9. The predicted octanol–water partition coefficient (Wildman–Crippen LogP) is 9.08. The van der Waals surface area contributed by atoms with Gasteiger partial charge in [0.25, 0.3) is 0 Å². The van der Waals surface area contributed by atoms with Crippen LogP contribution in [0.15, 0.2) is 36.4 Å². The number of hydrogen-bond acceptors (Lipinski definition) is 7. The number of anilines is 1. The van der Waals surface area contributed by atoms with Gasteiger partial charge in [0.05, 0.1) is 29.2 Å². The van der Waals surface area contributed by atoms with E-state index in [0.29, 0.717) is 60.0 Å². The average molecular weight is 771 g/mol. The summed E-state index contributed by atoms with van der Waals surface area (Å²) in [5, 5.41) is 13.8. The van der Waals surface area contributed by atoms with E-state index >= 15 is 13.2 Å². The van der Waals surface area contributed by atoms with Crippen molar-refractivity contribution in [1.29, 1.82) is 5.26 Å². The van der Waals surface area contributed by atoms with Gasteiger partial charge in [-0.25, -0.2) is 17.6 Å². The lowest BCUT2D eigenvalue weighted by molar-refractivity contribution is 0.107. The molecule has 7 nitrogen and oxygen atoms in total. The fourth-order valence-electron chi connectivity index (χ4n) is 9.91. The number of nitrogens with zero attached hydrogens (tertiary/aromatic N) is 5. The van der Waals surface area contributed by atoms with E-state index in [4.69, 9.17) is 9.72 Å². The lowest BCUT2D eigenvalue weighted by atomic mass is 9.93. The molecule has 0 saturated carbocycles. The van der Waals surface area contributed by atoms with Crippen LogP contribution in [0.2, 0.25) is 16.6 Å². The molecule has 3 fully saturated rings. The van der Waals surface area contributed by atoms with Gasteiger partial charge in [-0.15, -0.1) is 5.54 Å². The minimum absolute atomic E-state index is 0.0919. The maximum Gasteiger partial charge on any atom is 0.319 e. The van der Waals surface area contributed by atoms with Gasteiger partial charge in [0.2, 0.25) is 0 Å². The fourth-order valence-corrected chi connectivity index (χ4v) is 15.1. The van der Waals surface area contributed by atoms with Gasteiger partial charge in [0.15, 0.2) is 5.82 Å². The molecular formula is C43H50F4N6OSi. The molecular weight excluding hydrogens is 721 g/mol. The van der Waals surface area contributed by atoms with Crippen LogP contribution in [-0.4, -0.2) is 80.0 Å². The number of fused-ring (bicyclic) bond motifs is 3. The Morgan fingerprint density at radius 1 is 1.00 bits per heavy atom. The van der Waals surface area contributed by atoms with Crippen molar-refractivity contribution in [1.82, 2.24) is 20.2 Å². The maximum atomic E-state index is 17.4. The average Bonchev–Trinajstić information content (AvgIpc) is 3.67. The van der Waals surface area contributed by atoms with Crippen LogP contribution in [0.4, 0.5) is 23.4 Å². The summed E-state index contributed by atoms with van der Waals surface area (Å²) in [6.07, 6.45) is 1.31. The second-order valence-corrected chi connectivity index (χ2v) is 22.1. The van der Waals surface area contributed by atoms with E-state index in [2.05, 4.69) is 74.3 Å². The van der Waals surface area contributed by atoms with Crippen LogP contribution in [0.5, 0.6) is 6.01 Å². The first-order chi connectivity index (χ1) is 26.3. The van der Waals surface area contributed by atoms with Crippen molar-refractivity contribution in [3.63, 3.8) is 0 Å². The van der Waals surface area contributed by atoms with Gasteiger partial charge in [0.1, 0.15) is 43.8 Å². The van der Waals surface area contributed by atoms with Crippen molar-refractivity contribution >= 4 is 35.6 Å². The smallest absolute Gasteiger partial charge is 0.319 e. The van der Waals surface area contributed by atoms with Gasteiger partial charge < -0.3 is 15.0 Å². The van der Waals surface area contributed by atoms with Crippen molar-refractivity contribution in [2.45, 2.75) is 102 Å². The third-order valence-corrected chi connectivity index (χ3v) is 18.8. The number of alkyl halides is 1. The molecule has 3 aliphatic rings. The van der Waals surface area contributed by atoms with E-state index in [1.54, 1.807) is 24.3 Å². The Kier molecular flexibility index (Phi) is 10.9. The lowest BCUT2D eigenvalue weighted by Crippen LogP contribution is -2.51. The molecule has 290 valence electrons. The molecule has 7 rings (SSSR count). The minimum Gasteiger partial charge on any atom is -0.461 e. The number of nitrogens with one attached hydrogen (secondary N) is 1. The topological polar surface area (TPSA) is 77.3 Å². The molecule has 0 amide bonds. The van der Waals surface area contributed by atoms with E-state index in [1.807, 2.05) is 4.90 Å². The first kappa shape index (κ1) is 39.0. The fraction of sp³-hybridized carbons (Fsp3) is 0.512. The second-order valence-electron chi connectivity index (χ2n) is 16.6. The molecule has 4 heterocycles. The second kappa shape index (κ2) is 15.4. The predicted molar refractivity (Wildman–Crippen MR) is 213 cm³/mol. The van der Waals surface area contributed by atoms with Gasteiger partial charge >= 0.3 is 6.01 Å². The number of benzene rings is 3. The van der Waals surface area contributed by atoms with E-state index < -0.39 is 37.2 Å². The Labute approximate surface area is 322 Å². The number of halogens is 4. The Balaban J connectivity index is 1.41. The molecule has 55 heavy (non-hydrogen) atoms. The monoisotopic (exact) mass is 770 g/mol. The van der Waals surface area contributed by atoms with E-state index in [9.17, 15) is 9.65 Å². The molecule has 1 aromatic heterocycles. The normalized spacial score (nSPS) is 21.8. The minimum atomic E-state index is -2.30. The van der Waals surface area contributed by atoms with Crippen molar-refractivity contribution in [2.75, 3.05) is 44.2 Å². The van der Waals surface area contributed by atoms with E-state index in [1.165, 1.54) is 12.1 Å². The Morgan fingerprint density at radius 3 is 2.49 bits per heavy atom. The van der Waals surface area contributed by atoms with Crippen molar-refractivity contribution in [3.05, 3.63) is 59.4 Å². The Bertz CT molecular complexity index is 2190. The number of aromatic nitrogens is 2. The van der Waals surface area contributed by atoms with E-state index in [-0.39, 0.29) is 58.5 Å². The maximum absolute atomic E-state index is 17.4. The molecule has 12 heteroatoms. The van der Waals surface area contributed by atoms with Gasteiger partial charge in [-0.05, 0) is 59.1 Å². The first-order valence-electron chi connectivity index (χ1n) is 19.6. The highest BCUT2D eigenvalue weighted by Crippen LogP contribution is 2.44. The molecule has 3 atom stereocenters. The van der Waals surface area contributed by atoms with Gasteiger partial charge in [-0.2, -0.15) is 15.2 Å². The summed E-state index contributed by atoms with van der Waals surface area (Å²) in [6, 6.07) is 11.2. The van der Waals surface area contributed by atoms with Crippen LogP contribution < -0.4 is 15.0 Å². The molecule has 0 spiro atoms. The molecule has 0 radical (unpaired) electrons. The molecule has 1 unspecified atom stereocenters. The standard InChI is InChI=1S/C43H50F4N6OSi/c1-26(2)55(27(3)4,28(5)6)20-14-32-35(45)12-11-29-9-7-10-33(37(29)32)38-36(46)21-34-40(39(38)47)50-42(51-41(34)52-19-17-49-31(24-52)13-16-48)54-25-43-15-8-18-53(43)23-30(44)22-43/h7,9-12,21,26-28,30-31,49H,8,13,15,17-19,22-25H2,1-6H3/t30-,31?,43+/m1/s1. The van der Waals surface area contributed by atoms with Crippen molar-refractivity contribution < 1.29 is 22.3 Å². The summed E-state index contributed by atoms with van der Waals surface area (Å²) in [6.45, 7) is 15.7. The molecule has 3 aliphatic heterocycles. The quantitative estimate of drug-likeness (QED) is 0.103. The van der Waals surface area contributed by atoms with Crippen LogP contribution in [0, 0.1) is 40.2 Å². The van der Waals surface area contributed by atoms with Crippen LogP contribution in [-0.2, 0) is 0 Å². The van der Waals surface area contributed by atoms with Crippen molar-refractivity contribution in [2.24, 2.45) is 0 Å². The van der Waals surface area contributed by atoms with E-state index in [0.717, 1.165) is 19.4 Å². The van der Waals surface area contributed by atoms with Crippen LogP contribution >= 0.6 is 0 Å². The number of nitriles is 1. The summed E-state index contributed by atoms with van der Waals surface area (Å²) in [4.78, 5) is 13.3. The largest absolute Gasteiger partial charge is 0.461 e. The summed E-state index contributed by atoms with van der Waals surface area (Å²) < 4.78 is 71.0. The SMILES string of the molecule is CC(C)[Si](C#Cc1c(F)ccc2cccc(-c3c(F)cc4c(N5CCNC(CC#N)C5)nc(OC[C@@]56CCCN5C[C@H](F)C6)nc4c3F)c12)(C(C)C)C(C)C. The van der Waals surface area contributed by atoms with Gasteiger partial charge in [-0.1, -0.05) is 71.7 Å². The zero-order valence-corrected chi connectivity index (χ0v) is 33.6. The van der Waals surface area contributed by atoms with Crippen molar-refractivity contribution in [3.8, 4) is 34.7 Å². The molecule has 1 N–H and O–H groups in total. The van der Waals surface area contributed by atoms with Gasteiger partial charge in [-0.3, -0.25) is 4.90 Å². The zero-order chi connectivity index (χ0) is 39.2. The third kappa shape index (κ3) is 6.96. The number of ether oxygens (including phenoxy) is 1. The number of piperazine rings is 1. The summed E-state index contributed by atoms with van der Waals surface area (Å²) >= 11 is 0.